The van der Waals surface area contributed by atoms with Gasteiger partial charge in [0.2, 0.25) is 5.91 Å². The number of thioether (sulfide) groups is 1. The molecule has 1 aromatic rings. The topological polar surface area (TPSA) is 55.1 Å². The SMILES string of the molecule is C#CCC(N)C(=O)NC1CCSc2ccccc21. The predicted molar refractivity (Wildman–Crippen MR) is 74.1 cm³/mol. The second-order valence-corrected chi connectivity index (χ2v) is 5.39. The Balaban J connectivity index is 2.08. The molecule has 18 heavy (non-hydrogen) atoms. The van der Waals surface area contributed by atoms with Gasteiger partial charge in [-0.3, -0.25) is 4.79 Å². The van der Waals surface area contributed by atoms with Crippen LogP contribution in [0.25, 0.3) is 0 Å². The molecule has 0 radical (unpaired) electrons. The Morgan fingerprint density at radius 2 is 2.39 bits per heavy atom. The average molecular weight is 260 g/mol. The Bertz CT molecular complexity index is 481. The second kappa shape index (κ2) is 5.94. The number of terminal acetylenes is 1. The van der Waals surface area contributed by atoms with E-state index < -0.39 is 6.04 Å². The lowest BCUT2D eigenvalue weighted by atomic mass is 10.0. The molecule has 1 aliphatic heterocycles. The molecule has 4 heteroatoms. The van der Waals surface area contributed by atoms with Crippen molar-refractivity contribution in [3.05, 3.63) is 29.8 Å². The molecule has 0 aliphatic carbocycles. The first-order chi connectivity index (χ1) is 8.72. The van der Waals surface area contributed by atoms with Crippen LogP contribution >= 0.6 is 11.8 Å². The highest BCUT2D eigenvalue weighted by molar-refractivity contribution is 7.99. The first kappa shape index (κ1) is 13.0. The molecule has 0 bridgehead atoms. The summed E-state index contributed by atoms with van der Waals surface area (Å²) in [5.74, 6) is 3.25. The van der Waals surface area contributed by atoms with Gasteiger partial charge in [-0.2, -0.15) is 0 Å². The Morgan fingerprint density at radius 1 is 1.61 bits per heavy atom. The first-order valence-electron chi connectivity index (χ1n) is 5.93. The number of amides is 1. The Labute approximate surface area is 112 Å². The van der Waals surface area contributed by atoms with Crippen molar-refractivity contribution in [3.8, 4) is 12.3 Å². The Kier molecular flexibility index (Phi) is 4.29. The number of fused-ring (bicyclic) bond motifs is 1. The van der Waals surface area contributed by atoms with Crippen LogP contribution in [0.1, 0.15) is 24.4 Å². The average Bonchev–Trinajstić information content (AvgIpc) is 2.39. The molecular weight excluding hydrogens is 244 g/mol. The minimum atomic E-state index is -0.614. The molecule has 0 spiro atoms. The maximum atomic E-state index is 11.9. The second-order valence-electron chi connectivity index (χ2n) is 4.25. The third kappa shape index (κ3) is 2.87. The van der Waals surface area contributed by atoms with Crippen LogP contribution < -0.4 is 11.1 Å². The maximum Gasteiger partial charge on any atom is 0.238 e. The number of nitrogens with one attached hydrogen (secondary N) is 1. The molecule has 2 unspecified atom stereocenters. The van der Waals surface area contributed by atoms with E-state index in [1.54, 1.807) is 0 Å². The minimum absolute atomic E-state index is 0.0544. The van der Waals surface area contributed by atoms with E-state index in [4.69, 9.17) is 12.2 Å². The molecule has 0 saturated heterocycles. The van der Waals surface area contributed by atoms with Crippen molar-refractivity contribution >= 4 is 17.7 Å². The summed E-state index contributed by atoms with van der Waals surface area (Å²) in [6, 6.07) is 7.58. The zero-order valence-electron chi connectivity index (χ0n) is 10.1. The lowest BCUT2D eigenvalue weighted by Crippen LogP contribution is -2.42. The molecule has 0 aromatic heterocycles. The molecule has 1 aliphatic rings. The van der Waals surface area contributed by atoms with Gasteiger partial charge in [-0.1, -0.05) is 18.2 Å². The van der Waals surface area contributed by atoms with E-state index in [0.717, 1.165) is 12.2 Å². The fraction of sp³-hybridized carbons (Fsp3) is 0.357. The number of carbonyl (C=O) groups excluding carboxylic acids is 1. The van der Waals surface area contributed by atoms with Crippen molar-refractivity contribution in [2.45, 2.75) is 29.8 Å². The van der Waals surface area contributed by atoms with E-state index in [9.17, 15) is 4.79 Å². The summed E-state index contributed by atoms with van der Waals surface area (Å²) in [4.78, 5) is 13.1. The third-order valence-electron chi connectivity index (χ3n) is 2.95. The summed E-state index contributed by atoms with van der Waals surface area (Å²) in [6.07, 6.45) is 6.36. The van der Waals surface area contributed by atoms with Crippen LogP contribution in [0.15, 0.2) is 29.2 Å². The van der Waals surface area contributed by atoms with Crippen LogP contribution in [-0.4, -0.2) is 17.7 Å². The van der Waals surface area contributed by atoms with Crippen molar-refractivity contribution < 1.29 is 4.79 Å². The highest BCUT2D eigenvalue weighted by Gasteiger charge is 2.23. The highest BCUT2D eigenvalue weighted by Crippen LogP contribution is 2.35. The number of nitrogens with two attached hydrogens (primary N) is 1. The van der Waals surface area contributed by atoms with Crippen LogP contribution in [-0.2, 0) is 4.79 Å². The molecule has 3 nitrogen and oxygen atoms in total. The van der Waals surface area contributed by atoms with E-state index in [1.165, 1.54) is 10.5 Å². The van der Waals surface area contributed by atoms with Gasteiger partial charge in [-0.05, 0) is 18.1 Å². The fourth-order valence-corrected chi connectivity index (χ4v) is 3.12. The fourth-order valence-electron chi connectivity index (χ4n) is 1.99. The van der Waals surface area contributed by atoms with E-state index >= 15 is 0 Å². The zero-order valence-corrected chi connectivity index (χ0v) is 10.9. The van der Waals surface area contributed by atoms with Crippen LogP contribution in [0.3, 0.4) is 0 Å². The van der Waals surface area contributed by atoms with Crippen molar-refractivity contribution in [2.24, 2.45) is 5.73 Å². The van der Waals surface area contributed by atoms with Gasteiger partial charge in [0, 0.05) is 17.1 Å². The molecule has 2 atom stereocenters. The van der Waals surface area contributed by atoms with Crippen LogP contribution in [0.4, 0.5) is 0 Å². The smallest absolute Gasteiger partial charge is 0.238 e. The number of carbonyl (C=O) groups is 1. The lowest BCUT2D eigenvalue weighted by molar-refractivity contribution is -0.123. The summed E-state index contributed by atoms with van der Waals surface area (Å²) in [5, 5.41) is 2.99. The van der Waals surface area contributed by atoms with E-state index in [0.29, 0.717) is 0 Å². The molecule has 2 rings (SSSR count). The molecule has 1 heterocycles. The first-order valence-corrected chi connectivity index (χ1v) is 6.92. The summed E-state index contributed by atoms with van der Waals surface area (Å²) >= 11 is 1.82. The summed E-state index contributed by atoms with van der Waals surface area (Å²) < 4.78 is 0. The quantitative estimate of drug-likeness (QED) is 0.813. The van der Waals surface area contributed by atoms with Gasteiger partial charge < -0.3 is 11.1 Å². The summed E-state index contributed by atoms with van der Waals surface area (Å²) in [5.41, 5.74) is 6.88. The lowest BCUT2D eigenvalue weighted by Gasteiger charge is -2.26. The number of benzene rings is 1. The van der Waals surface area contributed by atoms with Gasteiger partial charge in [-0.15, -0.1) is 24.1 Å². The Morgan fingerprint density at radius 3 is 3.17 bits per heavy atom. The Hall–Kier alpha value is -1.44. The number of rotatable bonds is 3. The molecule has 0 fully saturated rings. The van der Waals surface area contributed by atoms with Crippen molar-refractivity contribution in [3.63, 3.8) is 0 Å². The summed E-state index contributed by atoms with van der Waals surface area (Å²) in [6.45, 7) is 0. The van der Waals surface area contributed by atoms with Gasteiger partial charge in [0.15, 0.2) is 0 Å². The van der Waals surface area contributed by atoms with Crippen molar-refractivity contribution in [1.29, 1.82) is 0 Å². The summed E-state index contributed by atoms with van der Waals surface area (Å²) in [7, 11) is 0. The molecule has 3 N–H and O–H groups in total. The van der Waals surface area contributed by atoms with Gasteiger partial charge in [0.1, 0.15) is 0 Å². The molecule has 0 saturated carbocycles. The van der Waals surface area contributed by atoms with Gasteiger partial charge in [0.05, 0.1) is 12.1 Å². The zero-order chi connectivity index (χ0) is 13.0. The number of hydrogen-bond acceptors (Lipinski definition) is 3. The molecule has 94 valence electrons. The van der Waals surface area contributed by atoms with Gasteiger partial charge in [0.25, 0.3) is 0 Å². The minimum Gasteiger partial charge on any atom is -0.348 e. The van der Waals surface area contributed by atoms with Gasteiger partial charge >= 0.3 is 0 Å². The normalized spacial score (nSPS) is 19.4. The molecule has 1 amide bonds. The molecule has 1 aromatic carbocycles. The van der Waals surface area contributed by atoms with E-state index in [1.807, 2.05) is 23.9 Å². The predicted octanol–water partition coefficient (Wildman–Crippen LogP) is 1.69. The van der Waals surface area contributed by atoms with Crippen molar-refractivity contribution in [1.82, 2.24) is 5.32 Å². The van der Waals surface area contributed by atoms with Crippen LogP contribution in [0.5, 0.6) is 0 Å². The van der Waals surface area contributed by atoms with E-state index in [-0.39, 0.29) is 18.4 Å². The number of hydrogen-bond donors (Lipinski definition) is 2. The standard InChI is InChI=1S/C14H16N2OS/c1-2-5-11(15)14(17)16-12-8-9-18-13-7-4-3-6-10(12)13/h1,3-4,6-7,11-12H,5,8-9,15H2,(H,16,17). The van der Waals surface area contributed by atoms with Gasteiger partial charge in [-0.25, -0.2) is 0 Å². The van der Waals surface area contributed by atoms with Crippen molar-refractivity contribution in [2.75, 3.05) is 5.75 Å². The monoisotopic (exact) mass is 260 g/mol. The largest absolute Gasteiger partial charge is 0.348 e. The van der Waals surface area contributed by atoms with Crippen LogP contribution in [0, 0.1) is 12.3 Å². The maximum absolute atomic E-state index is 11.9. The highest BCUT2D eigenvalue weighted by atomic mass is 32.2. The third-order valence-corrected chi connectivity index (χ3v) is 4.07. The molecular formula is C14H16N2OS. The van der Waals surface area contributed by atoms with Crippen LogP contribution in [0.2, 0.25) is 0 Å². The van der Waals surface area contributed by atoms with E-state index in [2.05, 4.69) is 23.4 Å².